The van der Waals surface area contributed by atoms with E-state index in [2.05, 4.69) is 10.3 Å². The number of hydrogen-bond acceptors (Lipinski definition) is 5. The number of amides is 3. The van der Waals surface area contributed by atoms with Gasteiger partial charge in [0.05, 0.1) is 12.7 Å². The number of halogens is 2. The van der Waals surface area contributed by atoms with E-state index in [-0.39, 0.29) is 10.9 Å². The highest BCUT2D eigenvalue weighted by molar-refractivity contribution is 7.15. The Morgan fingerprint density at radius 3 is 2.48 bits per heavy atom. The summed E-state index contributed by atoms with van der Waals surface area (Å²) in [6.07, 6.45) is 1.50. The number of methoxy groups -OCH3 is 1. The molecule has 120 valence electrons. The van der Waals surface area contributed by atoms with Crippen LogP contribution in [0.5, 0.6) is 5.75 Å². The number of ether oxygens (including phenoxy) is 1. The number of rotatable bonds is 3. The number of imide groups is 1. The Morgan fingerprint density at radius 1 is 1.30 bits per heavy atom. The normalized spacial score (nSPS) is 17.6. The molecule has 1 N–H and O–H groups in total. The molecular formula is C14H11F2N3O3S. The highest BCUT2D eigenvalue weighted by atomic mass is 32.1. The van der Waals surface area contributed by atoms with Gasteiger partial charge in [0.25, 0.3) is 5.91 Å². The van der Waals surface area contributed by atoms with Gasteiger partial charge in [-0.1, -0.05) is 0 Å². The van der Waals surface area contributed by atoms with Crippen molar-refractivity contribution in [3.63, 3.8) is 0 Å². The van der Waals surface area contributed by atoms with Gasteiger partial charge in [0.2, 0.25) is 5.13 Å². The van der Waals surface area contributed by atoms with E-state index in [1.54, 1.807) is 6.92 Å². The summed E-state index contributed by atoms with van der Waals surface area (Å²) < 4.78 is 33.0. The molecule has 0 bridgehead atoms. The molecule has 1 saturated heterocycles. The quantitative estimate of drug-likeness (QED) is 0.873. The van der Waals surface area contributed by atoms with Crippen LogP contribution in [0.2, 0.25) is 0 Å². The van der Waals surface area contributed by atoms with Gasteiger partial charge >= 0.3 is 6.03 Å². The molecule has 1 aliphatic heterocycles. The second kappa shape index (κ2) is 5.58. The molecule has 0 saturated carbocycles. The van der Waals surface area contributed by atoms with Crippen LogP contribution >= 0.6 is 11.3 Å². The van der Waals surface area contributed by atoms with Crippen molar-refractivity contribution in [3.8, 4) is 5.75 Å². The Kier molecular flexibility index (Phi) is 3.72. The van der Waals surface area contributed by atoms with Crippen molar-refractivity contribution in [3.05, 3.63) is 40.4 Å². The number of benzene rings is 1. The maximum atomic E-state index is 14.1. The Bertz CT molecular complexity index is 785. The first-order valence-electron chi connectivity index (χ1n) is 6.52. The van der Waals surface area contributed by atoms with Gasteiger partial charge in [0.1, 0.15) is 23.4 Å². The fourth-order valence-corrected chi connectivity index (χ4v) is 3.02. The van der Waals surface area contributed by atoms with Crippen LogP contribution in [0.1, 0.15) is 16.5 Å². The van der Waals surface area contributed by atoms with Gasteiger partial charge in [0, 0.05) is 23.2 Å². The fraction of sp³-hybridized carbons (Fsp3) is 0.214. The van der Waals surface area contributed by atoms with Gasteiger partial charge in [-0.3, -0.25) is 4.79 Å². The molecular weight excluding hydrogens is 328 g/mol. The molecule has 3 rings (SSSR count). The molecule has 1 aliphatic rings. The van der Waals surface area contributed by atoms with Crippen LogP contribution in [0.3, 0.4) is 0 Å². The summed E-state index contributed by atoms with van der Waals surface area (Å²) in [6, 6.07) is -0.316. The lowest BCUT2D eigenvalue weighted by atomic mass is 10.1. The van der Waals surface area contributed by atoms with Gasteiger partial charge in [-0.05, 0) is 6.92 Å². The van der Waals surface area contributed by atoms with Crippen LogP contribution in [-0.2, 0) is 4.79 Å². The summed E-state index contributed by atoms with van der Waals surface area (Å²) in [5, 5.41) is 2.43. The van der Waals surface area contributed by atoms with Gasteiger partial charge in [-0.25, -0.2) is 23.5 Å². The number of aryl methyl sites for hydroxylation is 1. The van der Waals surface area contributed by atoms with Crippen molar-refractivity contribution in [1.29, 1.82) is 0 Å². The lowest BCUT2D eigenvalue weighted by Gasteiger charge is -2.12. The maximum absolute atomic E-state index is 14.1. The average Bonchev–Trinajstić information content (AvgIpc) is 3.02. The van der Waals surface area contributed by atoms with E-state index in [0.29, 0.717) is 0 Å². The number of thiazole rings is 1. The van der Waals surface area contributed by atoms with Crippen molar-refractivity contribution in [2.75, 3.05) is 12.0 Å². The molecule has 1 atom stereocenters. The van der Waals surface area contributed by atoms with E-state index in [4.69, 9.17) is 4.74 Å². The summed E-state index contributed by atoms with van der Waals surface area (Å²) >= 11 is 1.13. The van der Waals surface area contributed by atoms with E-state index in [1.807, 2.05) is 0 Å². The lowest BCUT2D eigenvalue weighted by Crippen LogP contribution is -2.30. The van der Waals surface area contributed by atoms with E-state index < -0.39 is 35.2 Å². The molecule has 6 nitrogen and oxygen atoms in total. The van der Waals surface area contributed by atoms with Gasteiger partial charge in [-0.2, -0.15) is 0 Å². The van der Waals surface area contributed by atoms with Crippen molar-refractivity contribution in [2.45, 2.75) is 13.0 Å². The molecule has 1 aromatic heterocycles. The molecule has 9 heteroatoms. The van der Waals surface area contributed by atoms with E-state index in [0.717, 1.165) is 33.2 Å². The minimum Gasteiger partial charge on any atom is -0.497 e. The monoisotopic (exact) mass is 339 g/mol. The maximum Gasteiger partial charge on any atom is 0.331 e. The number of urea groups is 1. The molecule has 0 aliphatic carbocycles. The summed E-state index contributed by atoms with van der Waals surface area (Å²) in [7, 11) is 1.27. The predicted octanol–water partition coefficient (Wildman–Crippen LogP) is 2.54. The highest BCUT2D eigenvalue weighted by Crippen LogP contribution is 2.33. The number of nitrogens with one attached hydrogen (secondary N) is 1. The Hall–Kier alpha value is -2.55. The first-order valence-corrected chi connectivity index (χ1v) is 7.34. The zero-order chi connectivity index (χ0) is 16.7. The number of aromatic nitrogens is 1. The van der Waals surface area contributed by atoms with Crippen LogP contribution in [0.15, 0.2) is 18.3 Å². The molecule has 23 heavy (non-hydrogen) atoms. The topological polar surface area (TPSA) is 71.5 Å². The van der Waals surface area contributed by atoms with Gasteiger partial charge in [0.15, 0.2) is 0 Å². The smallest absolute Gasteiger partial charge is 0.331 e. The minimum absolute atomic E-state index is 0.0204. The van der Waals surface area contributed by atoms with Gasteiger partial charge in [-0.15, -0.1) is 11.3 Å². The summed E-state index contributed by atoms with van der Waals surface area (Å²) in [5.41, 5.74) is -0.528. The summed E-state index contributed by atoms with van der Waals surface area (Å²) in [6.45, 7) is 1.76. The molecule has 3 amide bonds. The third-order valence-corrected chi connectivity index (χ3v) is 4.21. The zero-order valence-corrected chi connectivity index (χ0v) is 12.9. The van der Waals surface area contributed by atoms with Crippen molar-refractivity contribution >= 4 is 28.4 Å². The first-order chi connectivity index (χ1) is 10.9. The van der Waals surface area contributed by atoms with Crippen LogP contribution in [-0.4, -0.2) is 24.0 Å². The zero-order valence-electron chi connectivity index (χ0n) is 12.1. The van der Waals surface area contributed by atoms with Crippen LogP contribution in [0, 0.1) is 18.6 Å². The second-order valence-corrected chi connectivity index (χ2v) is 6.03. The Balaban J connectivity index is 2.00. The van der Waals surface area contributed by atoms with Crippen molar-refractivity contribution in [2.24, 2.45) is 0 Å². The summed E-state index contributed by atoms with van der Waals surface area (Å²) in [4.78, 5) is 30.0. The van der Waals surface area contributed by atoms with E-state index in [9.17, 15) is 18.4 Å². The van der Waals surface area contributed by atoms with Crippen LogP contribution in [0.4, 0.5) is 18.7 Å². The standard InChI is InChI=1S/C14H11F2N3O3S/c1-6-5-17-14(23-6)19-12(20)11(18-13(19)21)10-8(15)3-7(22-2)4-9(10)16/h3-5,11H,1-2H3,(H,18,21). The van der Waals surface area contributed by atoms with Crippen LogP contribution in [0.25, 0.3) is 0 Å². The molecule has 0 radical (unpaired) electrons. The van der Waals surface area contributed by atoms with Crippen molar-refractivity contribution < 1.29 is 23.1 Å². The Labute approximate surface area is 133 Å². The SMILES string of the molecule is COc1cc(F)c(C2NC(=O)N(c3ncc(C)s3)C2=O)c(F)c1. The number of carbonyl (C=O) groups is 2. The van der Waals surface area contributed by atoms with E-state index >= 15 is 0 Å². The largest absolute Gasteiger partial charge is 0.497 e. The molecule has 1 unspecified atom stereocenters. The summed E-state index contributed by atoms with van der Waals surface area (Å²) in [5.74, 6) is -2.75. The van der Waals surface area contributed by atoms with Crippen LogP contribution < -0.4 is 15.0 Å². The second-order valence-electron chi connectivity index (χ2n) is 4.81. The third-order valence-electron chi connectivity index (χ3n) is 3.32. The highest BCUT2D eigenvalue weighted by Gasteiger charge is 2.43. The fourth-order valence-electron chi connectivity index (χ4n) is 2.26. The molecule has 1 fully saturated rings. The predicted molar refractivity (Wildman–Crippen MR) is 78.5 cm³/mol. The Morgan fingerprint density at radius 2 is 1.96 bits per heavy atom. The number of hydrogen-bond donors (Lipinski definition) is 1. The first kappa shape index (κ1) is 15.3. The molecule has 1 aromatic carbocycles. The molecule has 0 spiro atoms. The minimum atomic E-state index is -1.45. The number of anilines is 1. The van der Waals surface area contributed by atoms with E-state index in [1.165, 1.54) is 13.3 Å². The van der Waals surface area contributed by atoms with Crippen molar-refractivity contribution in [1.82, 2.24) is 10.3 Å². The number of carbonyl (C=O) groups excluding carboxylic acids is 2. The molecule has 2 heterocycles. The van der Waals surface area contributed by atoms with Gasteiger partial charge < -0.3 is 10.1 Å². The molecule has 2 aromatic rings. The average molecular weight is 339 g/mol. The third kappa shape index (κ3) is 2.52. The lowest BCUT2D eigenvalue weighted by molar-refractivity contribution is -0.118. The number of nitrogens with zero attached hydrogens (tertiary/aromatic N) is 2.